The Morgan fingerprint density at radius 1 is 0.341 bits per heavy atom. The number of hydrogen-bond acceptors (Lipinski definition) is 4. The van der Waals surface area contributed by atoms with Gasteiger partial charge in [-0.15, -0.1) is 0 Å². The highest BCUT2D eigenvalue weighted by Gasteiger charge is 2.16. The molecular formula is C40H26N4. The molecule has 206 valence electrons. The number of aromatic nitrogens is 4. The van der Waals surface area contributed by atoms with E-state index in [1.807, 2.05) is 60.9 Å². The average molecular weight is 563 g/mol. The highest BCUT2D eigenvalue weighted by Crippen LogP contribution is 2.37. The minimum Gasteiger partial charge on any atom is -0.256 e. The number of para-hydroxylation sites is 2. The Kier molecular flexibility index (Phi) is 6.43. The molecule has 0 aliphatic rings. The molecule has 5 aromatic carbocycles. The Morgan fingerprint density at radius 3 is 1.27 bits per heavy atom. The smallest absolute Gasteiger partial charge is 0.160 e. The molecule has 0 aliphatic carbocycles. The number of nitrogens with zero attached hydrogens (tertiary/aromatic N) is 4. The summed E-state index contributed by atoms with van der Waals surface area (Å²) in [5.74, 6) is 0.671. The van der Waals surface area contributed by atoms with Crippen LogP contribution in [-0.2, 0) is 0 Å². The molecule has 8 aromatic rings. The first-order valence-electron chi connectivity index (χ1n) is 14.6. The van der Waals surface area contributed by atoms with E-state index in [1.165, 1.54) is 0 Å². The second-order valence-corrected chi connectivity index (χ2v) is 10.7. The van der Waals surface area contributed by atoms with Crippen LogP contribution in [0.3, 0.4) is 0 Å². The second-order valence-electron chi connectivity index (χ2n) is 10.7. The number of pyridine rings is 2. The second kappa shape index (κ2) is 11.0. The van der Waals surface area contributed by atoms with Gasteiger partial charge in [0.2, 0.25) is 0 Å². The third kappa shape index (κ3) is 4.79. The lowest BCUT2D eigenvalue weighted by molar-refractivity contribution is 1.18. The topological polar surface area (TPSA) is 51.6 Å². The van der Waals surface area contributed by atoms with Gasteiger partial charge in [0.15, 0.2) is 5.82 Å². The molecule has 0 unspecified atom stereocenters. The lowest BCUT2D eigenvalue weighted by Crippen LogP contribution is -1.97. The standard InChI is InChI=1S/C40H26N4/c1-3-11-27(12-4-1)38-26-39(28-13-5-2-6-14-28)44-40(43-38)31-24-29(32-19-21-41-36-17-9-7-15-34(32)36)23-30(25-31)33-20-22-42-37-18-10-8-16-35(33)37/h1-26H. The van der Waals surface area contributed by atoms with Gasteiger partial charge in [-0.1, -0.05) is 97.1 Å². The third-order valence-electron chi connectivity index (χ3n) is 7.98. The van der Waals surface area contributed by atoms with Crippen molar-refractivity contribution in [1.29, 1.82) is 0 Å². The summed E-state index contributed by atoms with van der Waals surface area (Å²) in [5.41, 5.74) is 11.1. The van der Waals surface area contributed by atoms with Crippen molar-refractivity contribution in [2.45, 2.75) is 0 Å². The summed E-state index contributed by atoms with van der Waals surface area (Å²) in [7, 11) is 0. The molecule has 0 bridgehead atoms. The maximum absolute atomic E-state index is 5.16. The van der Waals surface area contributed by atoms with E-state index in [4.69, 9.17) is 9.97 Å². The normalized spacial score (nSPS) is 11.2. The highest BCUT2D eigenvalue weighted by molar-refractivity contribution is 5.99. The Balaban J connectivity index is 1.41. The number of benzene rings is 5. The molecule has 0 spiro atoms. The Morgan fingerprint density at radius 2 is 0.773 bits per heavy atom. The van der Waals surface area contributed by atoms with E-state index >= 15 is 0 Å². The fourth-order valence-corrected chi connectivity index (χ4v) is 5.85. The molecule has 4 nitrogen and oxygen atoms in total. The SMILES string of the molecule is c1ccc(-c2cc(-c3ccccc3)nc(-c3cc(-c4ccnc5ccccc45)cc(-c4ccnc5ccccc45)c3)n2)cc1. The zero-order valence-electron chi connectivity index (χ0n) is 23.8. The predicted molar refractivity (Wildman–Crippen MR) is 180 cm³/mol. The lowest BCUT2D eigenvalue weighted by Gasteiger charge is -2.14. The Hall–Kier alpha value is -6.00. The van der Waals surface area contributed by atoms with Crippen molar-refractivity contribution in [3.05, 3.63) is 158 Å². The summed E-state index contributed by atoms with van der Waals surface area (Å²) in [6.45, 7) is 0. The monoisotopic (exact) mass is 562 g/mol. The molecule has 0 amide bonds. The van der Waals surface area contributed by atoms with Gasteiger partial charge in [-0.25, -0.2) is 9.97 Å². The van der Waals surface area contributed by atoms with E-state index in [-0.39, 0.29) is 0 Å². The molecule has 3 aromatic heterocycles. The molecule has 0 saturated carbocycles. The largest absolute Gasteiger partial charge is 0.256 e. The van der Waals surface area contributed by atoms with Gasteiger partial charge < -0.3 is 0 Å². The first-order chi connectivity index (χ1) is 21.8. The van der Waals surface area contributed by atoms with Crippen LogP contribution in [0.4, 0.5) is 0 Å². The van der Waals surface area contributed by atoms with E-state index in [0.717, 1.165) is 72.1 Å². The summed E-state index contributed by atoms with van der Waals surface area (Å²) < 4.78 is 0. The molecule has 0 atom stereocenters. The van der Waals surface area contributed by atoms with E-state index in [9.17, 15) is 0 Å². The fraction of sp³-hybridized carbons (Fsp3) is 0. The Labute approximate surface area is 255 Å². The van der Waals surface area contributed by atoms with Crippen molar-refractivity contribution >= 4 is 21.8 Å². The molecule has 3 heterocycles. The van der Waals surface area contributed by atoms with Crippen molar-refractivity contribution in [3.8, 4) is 56.2 Å². The van der Waals surface area contributed by atoms with Gasteiger partial charge in [-0.05, 0) is 70.8 Å². The third-order valence-corrected chi connectivity index (χ3v) is 7.98. The van der Waals surface area contributed by atoms with Gasteiger partial charge in [-0.3, -0.25) is 9.97 Å². The summed E-state index contributed by atoms with van der Waals surface area (Å²) in [6.07, 6.45) is 3.76. The molecular weight excluding hydrogens is 536 g/mol. The quantitative estimate of drug-likeness (QED) is 0.209. The summed E-state index contributed by atoms with van der Waals surface area (Å²) in [6, 6.07) is 50.1. The minimum absolute atomic E-state index is 0.671. The van der Waals surface area contributed by atoms with Gasteiger partial charge in [0.25, 0.3) is 0 Å². The molecule has 0 fully saturated rings. The van der Waals surface area contributed by atoms with Crippen LogP contribution in [0.15, 0.2) is 158 Å². The van der Waals surface area contributed by atoms with Gasteiger partial charge >= 0.3 is 0 Å². The first kappa shape index (κ1) is 25.7. The highest BCUT2D eigenvalue weighted by atomic mass is 14.9. The molecule has 8 rings (SSSR count). The van der Waals surface area contributed by atoms with Crippen LogP contribution < -0.4 is 0 Å². The zero-order chi connectivity index (χ0) is 29.3. The van der Waals surface area contributed by atoms with Crippen molar-refractivity contribution in [2.75, 3.05) is 0 Å². The molecule has 0 radical (unpaired) electrons. The predicted octanol–water partition coefficient (Wildman–Crippen LogP) is 9.91. The minimum atomic E-state index is 0.671. The van der Waals surface area contributed by atoms with Crippen LogP contribution in [0, 0.1) is 0 Å². The Bertz CT molecular complexity index is 2110. The van der Waals surface area contributed by atoms with Crippen LogP contribution in [0.2, 0.25) is 0 Å². The number of fused-ring (bicyclic) bond motifs is 2. The van der Waals surface area contributed by atoms with E-state index in [2.05, 4.69) is 107 Å². The fourth-order valence-electron chi connectivity index (χ4n) is 5.85. The average Bonchev–Trinajstić information content (AvgIpc) is 3.11. The summed E-state index contributed by atoms with van der Waals surface area (Å²) in [5, 5.41) is 2.20. The molecule has 4 heteroatoms. The van der Waals surface area contributed by atoms with Crippen LogP contribution in [0.5, 0.6) is 0 Å². The van der Waals surface area contributed by atoms with Crippen molar-refractivity contribution in [2.24, 2.45) is 0 Å². The molecule has 0 N–H and O–H groups in total. The maximum atomic E-state index is 5.16. The van der Waals surface area contributed by atoms with E-state index in [0.29, 0.717) is 5.82 Å². The van der Waals surface area contributed by atoms with Gasteiger partial charge in [-0.2, -0.15) is 0 Å². The van der Waals surface area contributed by atoms with Crippen LogP contribution in [0.25, 0.3) is 78.0 Å². The maximum Gasteiger partial charge on any atom is 0.160 e. The van der Waals surface area contributed by atoms with Crippen LogP contribution in [-0.4, -0.2) is 19.9 Å². The van der Waals surface area contributed by atoms with Gasteiger partial charge in [0.05, 0.1) is 22.4 Å². The lowest BCUT2D eigenvalue weighted by atomic mass is 9.93. The first-order valence-corrected chi connectivity index (χ1v) is 14.6. The van der Waals surface area contributed by atoms with Crippen molar-refractivity contribution in [3.63, 3.8) is 0 Å². The molecule has 0 saturated heterocycles. The van der Waals surface area contributed by atoms with Crippen LogP contribution >= 0.6 is 0 Å². The zero-order valence-corrected chi connectivity index (χ0v) is 23.8. The van der Waals surface area contributed by atoms with Gasteiger partial charge in [0, 0.05) is 39.9 Å². The van der Waals surface area contributed by atoms with Crippen molar-refractivity contribution < 1.29 is 0 Å². The van der Waals surface area contributed by atoms with E-state index < -0.39 is 0 Å². The van der Waals surface area contributed by atoms with Crippen molar-refractivity contribution in [1.82, 2.24) is 19.9 Å². The summed E-state index contributed by atoms with van der Waals surface area (Å²) >= 11 is 0. The van der Waals surface area contributed by atoms with E-state index in [1.54, 1.807) is 0 Å². The summed E-state index contributed by atoms with van der Waals surface area (Å²) in [4.78, 5) is 19.6. The van der Waals surface area contributed by atoms with Crippen LogP contribution in [0.1, 0.15) is 0 Å². The molecule has 44 heavy (non-hydrogen) atoms. The van der Waals surface area contributed by atoms with Gasteiger partial charge in [0.1, 0.15) is 0 Å². The number of rotatable bonds is 5. The molecule has 0 aliphatic heterocycles. The number of hydrogen-bond donors (Lipinski definition) is 0.